The zero-order valence-electron chi connectivity index (χ0n) is 17.9. The van der Waals surface area contributed by atoms with Gasteiger partial charge in [0.2, 0.25) is 5.91 Å². The maximum atomic E-state index is 11.9. The molecule has 0 aliphatic heterocycles. The number of nitrogens with one attached hydrogen (secondary N) is 1. The van der Waals surface area contributed by atoms with Crippen molar-refractivity contribution in [3.63, 3.8) is 0 Å². The lowest BCUT2D eigenvalue weighted by atomic mass is 10.1. The summed E-state index contributed by atoms with van der Waals surface area (Å²) in [4.78, 5) is 35.1. The van der Waals surface area contributed by atoms with Gasteiger partial charge in [-0.15, -0.1) is 0 Å². The number of hydrogen-bond acceptors (Lipinski definition) is 7. The Hall–Kier alpha value is -1.51. The SMILES string of the molecule is COCCOCC(=O)CCCCC[C@H](N)C(=O)NCCCC(=O)OC(C)(C)C. The van der Waals surface area contributed by atoms with E-state index < -0.39 is 11.6 Å². The minimum Gasteiger partial charge on any atom is -0.460 e. The van der Waals surface area contributed by atoms with Crippen molar-refractivity contribution in [1.29, 1.82) is 0 Å². The summed E-state index contributed by atoms with van der Waals surface area (Å²) < 4.78 is 15.2. The number of rotatable bonds is 16. The molecule has 28 heavy (non-hydrogen) atoms. The molecular weight excluding hydrogens is 364 g/mol. The van der Waals surface area contributed by atoms with Crippen LogP contribution in [0, 0.1) is 0 Å². The topological polar surface area (TPSA) is 117 Å². The number of unbranched alkanes of at least 4 members (excludes halogenated alkanes) is 2. The summed E-state index contributed by atoms with van der Waals surface area (Å²) in [7, 11) is 1.58. The highest BCUT2D eigenvalue weighted by atomic mass is 16.6. The molecule has 0 spiro atoms. The molecule has 3 N–H and O–H groups in total. The van der Waals surface area contributed by atoms with E-state index in [0.29, 0.717) is 39.0 Å². The maximum absolute atomic E-state index is 11.9. The van der Waals surface area contributed by atoms with Crippen LogP contribution in [0.3, 0.4) is 0 Å². The highest BCUT2D eigenvalue weighted by molar-refractivity contribution is 5.81. The normalized spacial score (nSPS) is 12.5. The molecule has 0 saturated carbocycles. The molecule has 0 radical (unpaired) electrons. The van der Waals surface area contributed by atoms with E-state index in [1.807, 2.05) is 20.8 Å². The summed E-state index contributed by atoms with van der Waals surface area (Å²) >= 11 is 0. The minimum atomic E-state index is -0.574. The first-order valence-electron chi connectivity index (χ1n) is 9.99. The Morgan fingerprint density at radius 1 is 1.00 bits per heavy atom. The minimum absolute atomic E-state index is 0.0723. The van der Waals surface area contributed by atoms with Crippen molar-refractivity contribution < 1.29 is 28.6 Å². The monoisotopic (exact) mass is 402 g/mol. The fraction of sp³-hybridized carbons (Fsp3) is 0.850. The first kappa shape index (κ1) is 26.5. The third-order valence-corrected chi connectivity index (χ3v) is 3.78. The Bertz CT molecular complexity index is 462. The zero-order chi connectivity index (χ0) is 21.4. The molecule has 8 heteroatoms. The van der Waals surface area contributed by atoms with Gasteiger partial charge in [-0.3, -0.25) is 14.4 Å². The van der Waals surface area contributed by atoms with Gasteiger partial charge in [-0.05, 0) is 40.0 Å². The van der Waals surface area contributed by atoms with E-state index in [2.05, 4.69) is 5.32 Å². The number of Topliss-reactive ketones (excluding diaryl/α,β-unsaturated/α-hetero) is 1. The number of amides is 1. The Labute approximate surface area is 168 Å². The quantitative estimate of drug-likeness (QED) is 0.298. The van der Waals surface area contributed by atoms with E-state index in [1.54, 1.807) is 7.11 Å². The summed E-state index contributed by atoms with van der Waals surface area (Å²) in [6, 6.07) is -0.574. The smallest absolute Gasteiger partial charge is 0.306 e. The zero-order valence-corrected chi connectivity index (χ0v) is 17.9. The molecule has 0 aliphatic rings. The molecule has 0 heterocycles. The van der Waals surface area contributed by atoms with Crippen LogP contribution in [-0.2, 0) is 28.6 Å². The van der Waals surface area contributed by atoms with Crippen molar-refractivity contribution in [3.05, 3.63) is 0 Å². The lowest BCUT2D eigenvalue weighted by Crippen LogP contribution is -2.41. The van der Waals surface area contributed by atoms with Crippen LogP contribution in [-0.4, -0.2) is 62.8 Å². The molecule has 0 aromatic carbocycles. The fourth-order valence-corrected chi connectivity index (χ4v) is 2.36. The molecule has 0 bridgehead atoms. The van der Waals surface area contributed by atoms with Crippen molar-refractivity contribution in [2.45, 2.75) is 77.4 Å². The Balaban J connectivity index is 3.66. The molecule has 0 aromatic heterocycles. The van der Waals surface area contributed by atoms with Crippen LogP contribution in [0.2, 0.25) is 0 Å². The van der Waals surface area contributed by atoms with Crippen molar-refractivity contribution >= 4 is 17.7 Å². The van der Waals surface area contributed by atoms with Crippen molar-refractivity contribution in [2.24, 2.45) is 5.73 Å². The van der Waals surface area contributed by atoms with Gasteiger partial charge in [-0.25, -0.2) is 0 Å². The van der Waals surface area contributed by atoms with Gasteiger partial charge in [-0.1, -0.05) is 12.8 Å². The van der Waals surface area contributed by atoms with E-state index in [1.165, 1.54) is 0 Å². The summed E-state index contributed by atoms with van der Waals surface area (Å²) in [5.74, 6) is -0.417. The number of carbonyl (C=O) groups excluding carboxylic acids is 3. The van der Waals surface area contributed by atoms with Crippen LogP contribution < -0.4 is 11.1 Å². The Morgan fingerprint density at radius 2 is 1.71 bits per heavy atom. The van der Waals surface area contributed by atoms with Gasteiger partial charge in [0.15, 0.2) is 5.78 Å². The van der Waals surface area contributed by atoms with Crippen LogP contribution in [0.5, 0.6) is 0 Å². The van der Waals surface area contributed by atoms with Crippen LogP contribution in [0.4, 0.5) is 0 Å². The van der Waals surface area contributed by atoms with Gasteiger partial charge < -0.3 is 25.3 Å². The maximum Gasteiger partial charge on any atom is 0.306 e. The van der Waals surface area contributed by atoms with E-state index in [9.17, 15) is 14.4 Å². The number of carbonyl (C=O) groups is 3. The molecule has 0 aromatic rings. The second-order valence-corrected chi connectivity index (χ2v) is 7.77. The van der Waals surface area contributed by atoms with Gasteiger partial charge >= 0.3 is 5.97 Å². The molecular formula is C20H38N2O6. The average molecular weight is 403 g/mol. The highest BCUT2D eigenvalue weighted by Crippen LogP contribution is 2.09. The summed E-state index contributed by atoms with van der Waals surface area (Å²) in [5, 5.41) is 2.74. The number of hydrogen-bond donors (Lipinski definition) is 2. The molecule has 1 atom stereocenters. The third kappa shape index (κ3) is 16.6. The van der Waals surface area contributed by atoms with Crippen LogP contribution >= 0.6 is 0 Å². The molecule has 164 valence electrons. The largest absolute Gasteiger partial charge is 0.460 e. The molecule has 0 fully saturated rings. The van der Waals surface area contributed by atoms with Crippen LogP contribution in [0.1, 0.15) is 65.7 Å². The summed E-state index contributed by atoms with van der Waals surface area (Å²) in [6.45, 7) is 6.87. The first-order chi connectivity index (χ1) is 13.2. The van der Waals surface area contributed by atoms with Crippen molar-refractivity contribution in [2.75, 3.05) is 33.5 Å². The van der Waals surface area contributed by atoms with Gasteiger partial charge in [-0.2, -0.15) is 0 Å². The average Bonchev–Trinajstić information content (AvgIpc) is 2.60. The lowest BCUT2D eigenvalue weighted by molar-refractivity contribution is -0.155. The predicted molar refractivity (Wildman–Crippen MR) is 107 cm³/mol. The van der Waals surface area contributed by atoms with E-state index >= 15 is 0 Å². The molecule has 0 saturated heterocycles. The van der Waals surface area contributed by atoms with Crippen LogP contribution in [0.15, 0.2) is 0 Å². The second-order valence-electron chi connectivity index (χ2n) is 7.77. The number of nitrogens with two attached hydrogens (primary N) is 1. The van der Waals surface area contributed by atoms with Gasteiger partial charge in [0.25, 0.3) is 0 Å². The van der Waals surface area contributed by atoms with E-state index in [4.69, 9.17) is 19.9 Å². The highest BCUT2D eigenvalue weighted by Gasteiger charge is 2.16. The van der Waals surface area contributed by atoms with Crippen molar-refractivity contribution in [3.8, 4) is 0 Å². The van der Waals surface area contributed by atoms with Gasteiger partial charge in [0.05, 0.1) is 19.3 Å². The first-order valence-corrected chi connectivity index (χ1v) is 9.99. The predicted octanol–water partition coefficient (Wildman–Crippen LogP) is 1.73. The Morgan fingerprint density at radius 3 is 2.36 bits per heavy atom. The number of ketones is 1. The molecule has 1 amide bonds. The second kappa shape index (κ2) is 15.4. The van der Waals surface area contributed by atoms with Gasteiger partial charge in [0.1, 0.15) is 12.2 Å². The fourth-order valence-electron chi connectivity index (χ4n) is 2.36. The van der Waals surface area contributed by atoms with Crippen LogP contribution in [0.25, 0.3) is 0 Å². The molecule has 0 aliphatic carbocycles. The summed E-state index contributed by atoms with van der Waals surface area (Å²) in [5.41, 5.74) is 5.38. The number of esters is 1. The molecule has 8 nitrogen and oxygen atoms in total. The van der Waals surface area contributed by atoms with E-state index in [0.717, 1.165) is 19.3 Å². The Kier molecular flexibility index (Phi) is 14.6. The third-order valence-electron chi connectivity index (χ3n) is 3.78. The standard InChI is InChI=1S/C20H38N2O6/c1-20(2,3)28-18(24)11-8-12-22-19(25)17(21)10-7-5-6-9-16(23)15-27-14-13-26-4/h17H,5-15,21H2,1-4H3,(H,22,25)/t17-/m0/s1. The number of methoxy groups -OCH3 is 1. The molecule has 0 unspecified atom stereocenters. The number of ether oxygens (including phenoxy) is 3. The van der Waals surface area contributed by atoms with E-state index in [-0.39, 0.29) is 30.7 Å². The summed E-state index contributed by atoms with van der Waals surface area (Å²) in [6.07, 6.45) is 4.19. The van der Waals surface area contributed by atoms with Gasteiger partial charge in [0, 0.05) is 26.5 Å². The van der Waals surface area contributed by atoms with Crippen molar-refractivity contribution in [1.82, 2.24) is 5.32 Å². The lowest BCUT2D eigenvalue weighted by Gasteiger charge is -2.19. The molecule has 0 rings (SSSR count).